The Bertz CT molecular complexity index is 3130. The smallest absolute Gasteiger partial charge is 0.0726 e. The number of hydrogen-bond donors (Lipinski definition) is 0. The highest BCUT2D eigenvalue weighted by atomic mass is 15.1. The summed E-state index contributed by atoms with van der Waals surface area (Å²) in [4.78, 5) is 2.71. The Morgan fingerprint density at radius 3 is 1.68 bits per heavy atom. The Morgan fingerprint density at radius 2 is 1.02 bits per heavy atom. The highest BCUT2D eigenvalue weighted by molar-refractivity contribution is 6.01. The van der Waals surface area contributed by atoms with Gasteiger partial charge in [-0.3, -0.25) is 0 Å². The van der Waals surface area contributed by atoms with E-state index >= 15 is 0 Å². The fourth-order valence-corrected chi connectivity index (χ4v) is 12.9. The molecule has 0 aliphatic heterocycles. The molecule has 0 radical (unpaired) electrons. The first-order valence-electron chi connectivity index (χ1n) is 24.3. The fourth-order valence-electron chi connectivity index (χ4n) is 12.9. The van der Waals surface area contributed by atoms with Gasteiger partial charge in [-0.25, -0.2) is 0 Å². The molecular formula is C64H59N. The fraction of sp³-hybridized carbons (Fsp3) is 0.250. The van der Waals surface area contributed by atoms with E-state index in [-0.39, 0.29) is 10.8 Å². The summed E-state index contributed by atoms with van der Waals surface area (Å²) in [5.74, 6) is 0.355. The first kappa shape index (κ1) is 40.1. The summed E-state index contributed by atoms with van der Waals surface area (Å²) in [5.41, 5.74) is 26.9. The minimum absolute atomic E-state index is 0.0314. The molecule has 1 nitrogen and oxygen atoms in total. The Kier molecular flexibility index (Phi) is 9.13. The second-order valence-corrected chi connectivity index (χ2v) is 21.0. The molecule has 0 saturated carbocycles. The predicted molar refractivity (Wildman–Crippen MR) is 274 cm³/mol. The summed E-state index contributed by atoms with van der Waals surface area (Å²) < 4.78 is 0. The van der Waals surface area contributed by atoms with E-state index in [1.54, 1.807) is 5.56 Å². The van der Waals surface area contributed by atoms with E-state index in [4.69, 9.17) is 0 Å². The topological polar surface area (TPSA) is 3.24 Å². The molecule has 8 aromatic rings. The zero-order valence-corrected chi connectivity index (χ0v) is 38.9. The normalized spacial score (nSPS) is 16.6. The molecule has 12 rings (SSSR count). The van der Waals surface area contributed by atoms with Gasteiger partial charge in [-0.2, -0.15) is 0 Å². The van der Waals surface area contributed by atoms with E-state index < -0.39 is 5.41 Å². The van der Waals surface area contributed by atoms with Crippen molar-refractivity contribution < 1.29 is 0 Å². The largest absolute Gasteiger partial charge is 0.310 e. The number of hydrogen-bond acceptors (Lipinski definition) is 1. The van der Waals surface area contributed by atoms with Crippen molar-refractivity contribution in [3.63, 3.8) is 0 Å². The Balaban J connectivity index is 1.25. The van der Waals surface area contributed by atoms with E-state index in [1.807, 2.05) is 0 Å². The lowest BCUT2D eigenvalue weighted by Crippen LogP contribution is -2.35. The minimum atomic E-state index is -0.469. The van der Waals surface area contributed by atoms with E-state index in [2.05, 4.69) is 216 Å². The van der Waals surface area contributed by atoms with Crippen LogP contribution in [-0.4, -0.2) is 0 Å². The Hall–Kier alpha value is -6.44. The highest BCUT2D eigenvalue weighted by Gasteiger charge is 2.52. The zero-order chi connectivity index (χ0) is 44.2. The van der Waals surface area contributed by atoms with Gasteiger partial charge in [0, 0.05) is 11.3 Å². The molecular weight excluding hydrogens is 783 g/mol. The van der Waals surface area contributed by atoms with Crippen LogP contribution in [0.2, 0.25) is 0 Å². The van der Waals surface area contributed by atoms with Crippen LogP contribution < -0.4 is 4.90 Å². The van der Waals surface area contributed by atoms with Crippen LogP contribution in [-0.2, 0) is 29.1 Å². The van der Waals surface area contributed by atoms with Crippen molar-refractivity contribution in [1.82, 2.24) is 0 Å². The van der Waals surface area contributed by atoms with Crippen molar-refractivity contribution in [3.8, 4) is 44.5 Å². The number of anilines is 3. The number of benzene rings is 8. The molecule has 320 valence electrons. The third kappa shape index (κ3) is 5.90. The van der Waals surface area contributed by atoms with Gasteiger partial charge >= 0.3 is 0 Å². The Labute approximate surface area is 386 Å². The molecule has 1 spiro atoms. The van der Waals surface area contributed by atoms with Gasteiger partial charge in [-0.1, -0.05) is 181 Å². The van der Waals surface area contributed by atoms with Gasteiger partial charge in [0.2, 0.25) is 0 Å². The summed E-state index contributed by atoms with van der Waals surface area (Å²) in [6.07, 6.45) is 7.02. The van der Waals surface area contributed by atoms with Gasteiger partial charge in [0.05, 0.1) is 16.8 Å². The van der Waals surface area contributed by atoms with Crippen molar-refractivity contribution >= 4 is 17.1 Å². The molecule has 0 aromatic heterocycles. The van der Waals surface area contributed by atoms with E-state index in [0.29, 0.717) is 5.92 Å². The summed E-state index contributed by atoms with van der Waals surface area (Å²) >= 11 is 0. The first-order valence-corrected chi connectivity index (χ1v) is 24.3. The lowest BCUT2D eigenvalue weighted by Gasteiger charge is -2.45. The minimum Gasteiger partial charge on any atom is -0.310 e. The summed E-state index contributed by atoms with van der Waals surface area (Å²) in [7, 11) is 0. The first-order chi connectivity index (χ1) is 31.6. The maximum absolute atomic E-state index is 2.71. The third-order valence-corrected chi connectivity index (χ3v) is 16.1. The third-order valence-electron chi connectivity index (χ3n) is 16.1. The monoisotopic (exact) mass is 841 g/mol. The molecule has 1 heteroatoms. The standard InChI is InChI=1S/C64H59N/c1-41(2)46-36-33-44-21-10-11-22-47(44)60(46)52-39-51-50-25-14-17-28-55(50)64(53-26-15-12-23-48(53)49-24-13-16-27-54(49)64)57(51)40-59(52)65(45-34-31-43(32-35-45)42-19-8-7-9-20-42)58-30-18-29-56-61(58)63(5,6)38-37-62(56,3)4/h7-9,12-20,23-36,39-41H,10-11,21-22,37-38H2,1-6H3. The highest BCUT2D eigenvalue weighted by Crippen LogP contribution is 2.65. The average molecular weight is 842 g/mol. The zero-order valence-electron chi connectivity index (χ0n) is 38.9. The van der Waals surface area contributed by atoms with Gasteiger partial charge in [0.25, 0.3) is 0 Å². The van der Waals surface area contributed by atoms with Crippen LogP contribution in [0.1, 0.15) is 123 Å². The molecule has 0 N–H and O–H groups in total. The van der Waals surface area contributed by atoms with Gasteiger partial charge in [0.1, 0.15) is 0 Å². The summed E-state index contributed by atoms with van der Waals surface area (Å²) in [6, 6.07) is 65.7. The summed E-state index contributed by atoms with van der Waals surface area (Å²) in [6.45, 7) is 14.7. The van der Waals surface area contributed by atoms with Crippen LogP contribution in [0.15, 0.2) is 170 Å². The number of fused-ring (bicyclic) bond motifs is 12. The van der Waals surface area contributed by atoms with Crippen molar-refractivity contribution in [3.05, 3.63) is 220 Å². The molecule has 4 aliphatic carbocycles. The van der Waals surface area contributed by atoms with Crippen molar-refractivity contribution in [2.45, 2.75) is 102 Å². The lowest BCUT2D eigenvalue weighted by molar-refractivity contribution is 0.332. The molecule has 8 aromatic carbocycles. The maximum Gasteiger partial charge on any atom is 0.0726 e. The molecule has 0 heterocycles. The average Bonchev–Trinajstić information content (AvgIpc) is 3.80. The second kappa shape index (κ2) is 14.8. The number of aryl methyl sites for hydroxylation is 1. The molecule has 0 amide bonds. The SMILES string of the molecule is CC(C)c1ccc2c(c1-c1cc3c(cc1N(c1ccc(-c4ccccc4)cc1)c1cccc4c1C(C)(C)CCC4(C)C)C1(c4ccccc4-c4ccccc41)c1ccccc1-3)CCCC2. The van der Waals surface area contributed by atoms with Crippen molar-refractivity contribution in [2.75, 3.05) is 4.90 Å². The van der Waals surface area contributed by atoms with Crippen molar-refractivity contribution in [1.29, 1.82) is 0 Å². The van der Waals surface area contributed by atoms with Crippen LogP contribution in [0.4, 0.5) is 17.1 Å². The van der Waals surface area contributed by atoms with Crippen LogP contribution in [0.3, 0.4) is 0 Å². The molecule has 0 unspecified atom stereocenters. The molecule has 65 heavy (non-hydrogen) atoms. The van der Waals surface area contributed by atoms with Gasteiger partial charge in [0.15, 0.2) is 0 Å². The van der Waals surface area contributed by atoms with E-state index in [0.717, 1.165) is 19.3 Å². The van der Waals surface area contributed by atoms with Crippen LogP contribution in [0, 0.1) is 0 Å². The molecule has 0 saturated heterocycles. The predicted octanol–water partition coefficient (Wildman–Crippen LogP) is 17.2. The van der Waals surface area contributed by atoms with E-state index in [1.165, 1.54) is 125 Å². The van der Waals surface area contributed by atoms with Gasteiger partial charge < -0.3 is 4.90 Å². The number of nitrogens with zero attached hydrogens (tertiary/aromatic N) is 1. The van der Waals surface area contributed by atoms with Crippen LogP contribution in [0.5, 0.6) is 0 Å². The number of rotatable bonds is 6. The van der Waals surface area contributed by atoms with E-state index in [9.17, 15) is 0 Å². The van der Waals surface area contributed by atoms with Gasteiger partial charge in [-0.05, 0) is 175 Å². The summed E-state index contributed by atoms with van der Waals surface area (Å²) in [5, 5.41) is 0. The maximum atomic E-state index is 2.71. The van der Waals surface area contributed by atoms with Crippen LogP contribution >= 0.6 is 0 Å². The Morgan fingerprint density at radius 1 is 0.446 bits per heavy atom. The molecule has 0 bridgehead atoms. The second-order valence-electron chi connectivity index (χ2n) is 21.0. The quantitative estimate of drug-likeness (QED) is 0.161. The van der Waals surface area contributed by atoms with Crippen LogP contribution in [0.25, 0.3) is 44.5 Å². The lowest BCUT2D eigenvalue weighted by atomic mass is 9.62. The van der Waals surface area contributed by atoms with Crippen molar-refractivity contribution in [2.24, 2.45) is 0 Å². The molecule has 0 fully saturated rings. The van der Waals surface area contributed by atoms with Gasteiger partial charge in [-0.15, -0.1) is 0 Å². The molecule has 4 aliphatic rings. The molecule has 0 atom stereocenters.